The summed E-state index contributed by atoms with van der Waals surface area (Å²) in [7, 11) is 1.54. The van der Waals surface area contributed by atoms with Crippen molar-refractivity contribution in [2.45, 2.75) is 0 Å². The lowest BCUT2D eigenvalue weighted by atomic mass is 10.1. The second-order valence-corrected chi connectivity index (χ2v) is 4.54. The molecule has 0 saturated carbocycles. The number of ether oxygens (including phenoxy) is 1. The summed E-state index contributed by atoms with van der Waals surface area (Å²) in [5, 5.41) is 8.17. The van der Waals surface area contributed by atoms with Crippen LogP contribution in [0.5, 0.6) is 5.75 Å². The third-order valence-corrected chi connectivity index (χ3v) is 3.30. The lowest BCUT2D eigenvalue weighted by Crippen LogP contribution is -2.04. The number of fused-ring (bicyclic) bond motifs is 1. The van der Waals surface area contributed by atoms with Crippen molar-refractivity contribution in [2.75, 3.05) is 12.8 Å². The van der Waals surface area contributed by atoms with E-state index in [1.807, 2.05) is 0 Å². The monoisotopic (exact) mass is 292 g/mol. The average Bonchev–Trinajstić information content (AvgIpc) is 2.83. The standard InChI is InChI=1S/C13H10ClFN4O/c1-20-7-2-3-8(9(14)6-7)11-12-10(15)4-5-19(12)13(16)18-17-11/h2-6H,1H3,(H2,16,18). The van der Waals surface area contributed by atoms with Crippen LogP contribution >= 0.6 is 11.6 Å². The number of halogens is 2. The fourth-order valence-corrected chi connectivity index (χ4v) is 2.28. The number of rotatable bonds is 2. The maximum absolute atomic E-state index is 13.9. The van der Waals surface area contributed by atoms with Crippen molar-refractivity contribution >= 4 is 23.1 Å². The topological polar surface area (TPSA) is 65.4 Å². The van der Waals surface area contributed by atoms with E-state index in [0.29, 0.717) is 22.0 Å². The average molecular weight is 293 g/mol. The molecule has 0 bridgehead atoms. The smallest absolute Gasteiger partial charge is 0.225 e. The minimum absolute atomic E-state index is 0.109. The van der Waals surface area contributed by atoms with Crippen LogP contribution in [0.1, 0.15) is 0 Å². The fourth-order valence-electron chi connectivity index (χ4n) is 2.02. The number of nitrogens with zero attached hydrogens (tertiary/aromatic N) is 3. The van der Waals surface area contributed by atoms with Gasteiger partial charge in [-0.05, 0) is 24.3 Å². The summed E-state index contributed by atoms with van der Waals surface area (Å²) in [4.78, 5) is 0. The quantitative estimate of drug-likeness (QED) is 0.789. The van der Waals surface area contributed by atoms with Crippen LogP contribution in [0.4, 0.5) is 10.3 Å². The van der Waals surface area contributed by atoms with Gasteiger partial charge in [0.05, 0.1) is 12.1 Å². The van der Waals surface area contributed by atoms with Crippen LogP contribution in [0, 0.1) is 5.82 Å². The van der Waals surface area contributed by atoms with E-state index in [9.17, 15) is 4.39 Å². The van der Waals surface area contributed by atoms with Gasteiger partial charge < -0.3 is 10.5 Å². The van der Waals surface area contributed by atoms with Gasteiger partial charge in [0, 0.05) is 11.8 Å². The molecule has 3 rings (SSSR count). The molecule has 0 spiro atoms. The van der Waals surface area contributed by atoms with E-state index in [4.69, 9.17) is 22.1 Å². The predicted octanol–water partition coefficient (Wildman–Crippen LogP) is 2.78. The third-order valence-electron chi connectivity index (χ3n) is 2.99. The number of methoxy groups -OCH3 is 1. The zero-order chi connectivity index (χ0) is 14.3. The Labute approximate surface area is 118 Å². The van der Waals surface area contributed by atoms with Crippen molar-refractivity contribution in [2.24, 2.45) is 0 Å². The van der Waals surface area contributed by atoms with Gasteiger partial charge in [-0.3, -0.25) is 4.40 Å². The van der Waals surface area contributed by atoms with Gasteiger partial charge in [-0.25, -0.2) is 4.39 Å². The Morgan fingerprint density at radius 1 is 1.30 bits per heavy atom. The van der Waals surface area contributed by atoms with Crippen LogP contribution in [-0.2, 0) is 0 Å². The SMILES string of the molecule is COc1ccc(-c2nnc(N)n3ccc(F)c23)c(Cl)c1. The molecule has 0 aliphatic rings. The second-order valence-electron chi connectivity index (χ2n) is 4.13. The van der Waals surface area contributed by atoms with Crippen molar-refractivity contribution in [3.8, 4) is 17.0 Å². The van der Waals surface area contributed by atoms with Gasteiger partial charge in [-0.15, -0.1) is 10.2 Å². The highest BCUT2D eigenvalue weighted by atomic mass is 35.5. The van der Waals surface area contributed by atoms with Crippen molar-refractivity contribution in [3.63, 3.8) is 0 Å². The van der Waals surface area contributed by atoms with Crippen molar-refractivity contribution in [3.05, 3.63) is 41.3 Å². The summed E-state index contributed by atoms with van der Waals surface area (Å²) in [6.45, 7) is 0. The van der Waals surface area contributed by atoms with Crippen LogP contribution in [0.3, 0.4) is 0 Å². The number of aromatic nitrogens is 3. The van der Waals surface area contributed by atoms with Gasteiger partial charge >= 0.3 is 0 Å². The highest BCUT2D eigenvalue weighted by Gasteiger charge is 2.16. The summed E-state index contributed by atoms with van der Waals surface area (Å²) >= 11 is 6.19. The molecule has 2 N–H and O–H groups in total. The van der Waals surface area contributed by atoms with E-state index in [2.05, 4.69) is 10.2 Å². The van der Waals surface area contributed by atoms with Gasteiger partial charge in [-0.1, -0.05) is 11.6 Å². The molecule has 5 nitrogen and oxygen atoms in total. The Hall–Kier alpha value is -2.34. The van der Waals surface area contributed by atoms with Gasteiger partial charge in [-0.2, -0.15) is 0 Å². The zero-order valence-electron chi connectivity index (χ0n) is 10.5. The first kappa shape index (κ1) is 12.7. The molecule has 0 aliphatic carbocycles. The molecule has 0 aliphatic heterocycles. The highest BCUT2D eigenvalue weighted by molar-refractivity contribution is 6.33. The Kier molecular flexibility index (Phi) is 2.94. The van der Waals surface area contributed by atoms with Crippen LogP contribution in [0.15, 0.2) is 30.5 Å². The molecule has 0 amide bonds. The van der Waals surface area contributed by atoms with Crippen molar-refractivity contribution in [1.82, 2.24) is 14.6 Å². The van der Waals surface area contributed by atoms with Crippen molar-refractivity contribution in [1.29, 1.82) is 0 Å². The van der Waals surface area contributed by atoms with E-state index in [-0.39, 0.29) is 11.5 Å². The minimum Gasteiger partial charge on any atom is -0.497 e. The molecule has 3 aromatic rings. The summed E-state index contributed by atoms with van der Waals surface area (Å²) in [6, 6.07) is 6.35. The van der Waals surface area contributed by atoms with Crippen molar-refractivity contribution < 1.29 is 9.13 Å². The largest absolute Gasteiger partial charge is 0.497 e. The second kappa shape index (κ2) is 4.64. The molecule has 1 aromatic carbocycles. The highest BCUT2D eigenvalue weighted by Crippen LogP contribution is 2.33. The molecular formula is C13H10ClFN4O. The molecule has 7 heteroatoms. The fraction of sp³-hybridized carbons (Fsp3) is 0.0769. The normalized spacial score (nSPS) is 10.9. The van der Waals surface area contributed by atoms with E-state index in [1.54, 1.807) is 25.3 Å². The molecule has 0 radical (unpaired) electrons. The molecule has 0 fully saturated rings. The predicted molar refractivity (Wildman–Crippen MR) is 74.4 cm³/mol. The maximum Gasteiger partial charge on any atom is 0.225 e. The van der Waals surface area contributed by atoms with Crippen LogP contribution in [-0.4, -0.2) is 21.7 Å². The lowest BCUT2D eigenvalue weighted by Gasteiger charge is -2.08. The van der Waals surface area contributed by atoms with Gasteiger partial charge in [0.25, 0.3) is 0 Å². The first-order valence-corrected chi connectivity index (χ1v) is 6.12. The van der Waals surface area contributed by atoms with Crippen LogP contribution in [0.2, 0.25) is 5.02 Å². The van der Waals surface area contributed by atoms with Gasteiger partial charge in [0.2, 0.25) is 5.95 Å². The van der Waals surface area contributed by atoms with Gasteiger partial charge in [0.1, 0.15) is 17.0 Å². The molecule has 0 atom stereocenters. The Bertz CT molecular complexity index is 802. The van der Waals surface area contributed by atoms with Gasteiger partial charge in [0.15, 0.2) is 5.82 Å². The summed E-state index contributed by atoms with van der Waals surface area (Å²) in [5.74, 6) is 0.278. The van der Waals surface area contributed by atoms with E-state index < -0.39 is 5.82 Å². The van der Waals surface area contributed by atoms with E-state index in [1.165, 1.54) is 16.7 Å². The Balaban J connectivity index is 2.30. The number of benzene rings is 1. The maximum atomic E-state index is 13.9. The first-order chi connectivity index (χ1) is 9.61. The minimum atomic E-state index is -0.437. The van der Waals surface area contributed by atoms with Crippen LogP contribution < -0.4 is 10.5 Å². The summed E-state index contributed by atoms with van der Waals surface area (Å²) in [5.41, 5.74) is 6.80. The number of hydrogen-bond donors (Lipinski definition) is 1. The first-order valence-electron chi connectivity index (χ1n) is 5.74. The zero-order valence-corrected chi connectivity index (χ0v) is 11.2. The number of hydrogen-bond acceptors (Lipinski definition) is 4. The number of anilines is 1. The molecule has 0 saturated heterocycles. The summed E-state index contributed by atoms with van der Waals surface area (Å²) < 4.78 is 20.4. The molecule has 2 heterocycles. The third kappa shape index (κ3) is 1.85. The Morgan fingerprint density at radius 2 is 2.10 bits per heavy atom. The Morgan fingerprint density at radius 3 is 2.80 bits per heavy atom. The molecule has 0 unspecified atom stereocenters. The molecule has 2 aromatic heterocycles. The van der Waals surface area contributed by atoms with E-state index >= 15 is 0 Å². The van der Waals surface area contributed by atoms with E-state index in [0.717, 1.165) is 0 Å². The molecule has 102 valence electrons. The number of nitrogen functional groups attached to an aromatic ring is 1. The molecule has 20 heavy (non-hydrogen) atoms. The molecular weight excluding hydrogens is 283 g/mol. The van der Waals surface area contributed by atoms with Crippen LogP contribution in [0.25, 0.3) is 16.8 Å². The summed E-state index contributed by atoms with van der Waals surface area (Å²) in [6.07, 6.45) is 1.50. The lowest BCUT2D eigenvalue weighted by molar-refractivity contribution is 0.415. The number of nitrogens with two attached hydrogens (primary N) is 1.